The molecule has 0 bridgehead atoms. The molecule has 4 nitrogen and oxygen atoms in total. The molecule has 0 fully saturated rings. The predicted molar refractivity (Wildman–Crippen MR) is 105 cm³/mol. The van der Waals surface area contributed by atoms with Crippen LogP contribution in [0.25, 0.3) is 0 Å². The van der Waals surface area contributed by atoms with Crippen LogP contribution >= 0.6 is 0 Å². The summed E-state index contributed by atoms with van der Waals surface area (Å²) in [7, 11) is 0. The molecule has 0 aliphatic heterocycles. The summed E-state index contributed by atoms with van der Waals surface area (Å²) in [5, 5.41) is 0. The van der Waals surface area contributed by atoms with Crippen molar-refractivity contribution in [2.45, 2.75) is 105 Å². The fourth-order valence-corrected chi connectivity index (χ4v) is 1.66. The van der Waals surface area contributed by atoms with Crippen LogP contribution in [0.4, 0.5) is 0 Å². The van der Waals surface area contributed by atoms with Crippen LogP contribution in [-0.4, -0.2) is 48.8 Å². The lowest BCUT2D eigenvalue weighted by Crippen LogP contribution is -2.52. The van der Waals surface area contributed by atoms with Crippen LogP contribution in [0.15, 0.2) is 0 Å². The van der Waals surface area contributed by atoms with Gasteiger partial charge < -0.3 is 18.9 Å². The Kier molecular flexibility index (Phi) is 8.63. The molecule has 0 spiro atoms. The van der Waals surface area contributed by atoms with Crippen LogP contribution in [0.1, 0.15) is 83.1 Å². The molecule has 25 heavy (non-hydrogen) atoms. The molecule has 0 aromatic rings. The molecule has 0 saturated heterocycles. The third-order valence-corrected chi connectivity index (χ3v) is 3.12. The van der Waals surface area contributed by atoms with E-state index in [1.807, 2.05) is 0 Å². The molecule has 4 heteroatoms. The Hall–Kier alpha value is -0.160. The fraction of sp³-hybridized carbons (Fsp3) is 1.00. The summed E-state index contributed by atoms with van der Waals surface area (Å²) in [6.45, 7) is 26.9. The van der Waals surface area contributed by atoms with Gasteiger partial charge in [-0.05, 0) is 67.7 Å². The van der Waals surface area contributed by atoms with E-state index >= 15 is 0 Å². The lowest BCUT2D eigenvalue weighted by atomic mass is 9.97. The van der Waals surface area contributed by atoms with Crippen molar-refractivity contribution in [2.24, 2.45) is 5.41 Å². The van der Waals surface area contributed by atoms with Crippen molar-refractivity contribution in [2.75, 3.05) is 26.4 Å². The summed E-state index contributed by atoms with van der Waals surface area (Å²) in [6, 6.07) is 0. The van der Waals surface area contributed by atoms with Crippen LogP contribution in [0.2, 0.25) is 0 Å². The molecule has 152 valence electrons. The van der Waals surface area contributed by atoms with Crippen LogP contribution in [0.3, 0.4) is 0 Å². The van der Waals surface area contributed by atoms with Gasteiger partial charge in [-0.2, -0.15) is 0 Å². The Morgan fingerprint density at radius 3 is 0.880 bits per heavy atom. The first-order chi connectivity index (χ1) is 10.8. The summed E-state index contributed by atoms with van der Waals surface area (Å²) in [5.41, 5.74) is -1.34. The molecule has 0 radical (unpaired) electrons. The average molecular weight is 361 g/mol. The topological polar surface area (TPSA) is 36.9 Å². The Balaban J connectivity index is 5.41. The van der Waals surface area contributed by atoms with Crippen LogP contribution in [0.5, 0.6) is 0 Å². The van der Waals surface area contributed by atoms with Crippen LogP contribution < -0.4 is 0 Å². The van der Waals surface area contributed by atoms with E-state index in [0.717, 1.165) is 0 Å². The molecule has 0 aliphatic rings. The Bertz CT molecular complexity index is 297. The van der Waals surface area contributed by atoms with Gasteiger partial charge in [0.05, 0.1) is 43.2 Å². The fourth-order valence-electron chi connectivity index (χ4n) is 1.66. The summed E-state index contributed by atoms with van der Waals surface area (Å²) in [6.07, 6.45) is 0. The monoisotopic (exact) mass is 360 g/mol. The molecule has 0 aromatic heterocycles. The first kappa shape index (κ1) is 24.8. The Labute approximate surface area is 156 Å². The van der Waals surface area contributed by atoms with Crippen molar-refractivity contribution in [3.63, 3.8) is 0 Å². The molecule has 0 amide bonds. The second kappa shape index (κ2) is 8.69. The maximum Gasteiger partial charge on any atom is 0.138 e. The highest BCUT2D eigenvalue weighted by molar-refractivity contribution is 4.85. The number of ether oxygens (including phenoxy) is 4. The van der Waals surface area contributed by atoms with Crippen molar-refractivity contribution >= 4 is 0 Å². The predicted octanol–water partition coefficient (Wildman–Crippen LogP) is 5.23. The summed E-state index contributed by atoms with van der Waals surface area (Å²) in [5.74, 6) is 0. The van der Waals surface area contributed by atoms with E-state index in [9.17, 15) is 0 Å². The second-order valence-corrected chi connectivity index (χ2v) is 11.2. The summed E-state index contributed by atoms with van der Waals surface area (Å²) < 4.78 is 24.7. The van der Waals surface area contributed by atoms with Gasteiger partial charge in [0, 0.05) is 0 Å². The van der Waals surface area contributed by atoms with Gasteiger partial charge in [-0.15, -0.1) is 0 Å². The number of rotatable bonds is 8. The Morgan fingerprint density at radius 1 is 0.400 bits per heavy atom. The van der Waals surface area contributed by atoms with E-state index in [1.54, 1.807) is 0 Å². The van der Waals surface area contributed by atoms with Gasteiger partial charge in [0.1, 0.15) is 5.60 Å². The minimum atomic E-state index is -0.638. The van der Waals surface area contributed by atoms with Gasteiger partial charge in [0.2, 0.25) is 0 Å². The minimum Gasteiger partial charge on any atom is -0.373 e. The third-order valence-electron chi connectivity index (χ3n) is 3.12. The molecule has 0 N–H and O–H groups in total. The highest BCUT2D eigenvalue weighted by atomic mass is 16.6. The first-order valence-electron chi connectivity index (χ1n) is 9.39. The van der Waals surface area contributed by atoms with Crippen molar-refractivity contribution in [1.29, 1.82) is 0 Å². The second-order valence-electron chi connectivity index (χ2n) is 11.2. The van der Waals surface area contributed by atoms with Crippen molar-refractivity contribution in [3.05, 3.63) is 0 Å². The highest BCUT2D eigenvalue weighted by Crippen LogP contribution is 2.26. The zero-order valence-corrected chi connectivity index (χ0v) is 19.0. The summed E-state index contributed by atoms with van der Waals surface area (Å²) >= 11 is 0. The SMILES string of the molecule is CC(C)(C)COC(COC(C)(C)C)(COC(C)(C)C)COC(C)(C)C. The maximum atomic E-state index is 6.41. The maximum absolute atomic E-state index is 6.41. The Morgan fingerprint density at radius 2 is 0.680 bits per heavy atom. The lowest BCUT2D eigenvalue weighted by Gasteiger charge is -2.40. The molecule has 0 unspecified atom stereocenters. The molecule has 0 aromatic carbocycles. The number of hydrogen-bond donors (Lipinski definition) is 0. The third kappa shape index (κ3) is 14.7. The van der Waals surface area contributed by atoms with Crippen molar-refractivity contribution in [3.8, 4) is 0 Å². The smallest absolute Gasteiger partial charge is 0.138 e. The molecular weight excluding hydrogens is 316 g/mol. The van der Waals surface area contributed by atoms with E-state index in [4.69, 9.17) is 18.9 Å². The molecule has 0 saturated carbocycles. The first-order valence-corrected chi connectivity index (χ1v) is 9.39. The van der Waals surface area contributed by atoms with Gasteiger partial charge >= 0.3 is 0 Å². The van der Waals surface area contributed by atoms with Crippen molar-refractivity contribution in [1.82, 2.24) is 0 Å². The van der Waals surface area contributed by atoms with E-state index in [1.165, 1.54) is 0 Å². The molecular formula is C21H44O4. The van der Waals surface area contributed by atoms with E-state index in [0.29, 0.717) is 26.4 Å². The molecule has 0 rings (SSSR count). The van der Waals surface area contributed by atoms with Crippen LogP contribution in [0, 0.1) is 5.41 Å². The zero-order chi connectivity index (χ0) is 20.2. The van der Waals surface area contributed by atoms with Crippen molar-refractivity contribution < 1.29 is 18.9 Å². The largest absolute Gasteiger partial charge is 0.373 e. The van der Waals surface area contributed by atoms with Gasteiger partial charge in [0.25, 0.3) is 0 Å². The highest BCUT2D eigenvalue weighted by Gasteiger charge is 2.38. The zero-order valence-electron chi connectivity index (χ0n) is 19.0. The molecule has 0 atom stereocenters. The van der Waals surface area contributed by atoms with E-state index in [2.05, 4.69) is 83.1 Å². The number of hydrogen-bond acceptors (Lipinski definition) is 4. The van der Waals surface area contributed by atoms with Crippen LogP contribution in [-0.2, 0) is 18.9 Å². The quantitative estimate of drug-likeness (QED) is 0.593. The van der Waals surface area contributed by atoms with E-state index in [-0.39, 0.29) is 22.2 Å². The average Bonchev–Trinajstić information content (AvgIpc) is 2.33. The minimum absolute atomic E-state index is 0.0520. The normalized spacial score (nSPS) is 14.9. The van der Waals surface area contributed by atoms with Gasteiger partial charge in [-0.3, -0.25) is 0 Å². The molecule has 0 aliphatic carbocycles. The van der Waals surface area contributed by atoms with Gasteiger partial charge in [0.15, 0.2) is 0 Å². The van der Waals surface area contributed by atoms with Gasteiger partial charge in [-0.25, -0.2) is 0 Å². The van der Waals surface area contributed by atoms with Gasteiger partial charge in [-0.1, -0.05) is 20.8 Å². The molecule has 0 heterocycles. The lowest BCUT2D eigenvalue weighted by molar-refractivity contribution is -0.218. The van der Waals surface area contributed by atoms with E-state index < -0.39 is 5.60 Å². The summed E-state index contributed by atoms with van der Waals surface area (Å²) in [4.78, 5) is 0. The standard InChI is InChI=1S/C21H44O4/c1-17(2,3)13-25-21(14-22-18(4,5)6,15-23-19(7,8)9)16-24-20(10,11)12/h13-16H2,1-12H3.